The molecule has 2 unspecified atom stereocenters. The van der Waals surface area contributed by atoms with Crippen LogP contribution in [-0.2, 0) is 61.1 Å². The van der Waals surface area contributed by atoms with Gasteiger partial charge >= 0.3 is 0 Å². The van der Waals surface area contributed by atoms with Gasteiger partial charge < -0.3 is 19.7 Å². The molecule has 74 heavy (non-hydrogen) atoms. The van der Waals surface area contributed by atoms with Crippen LogP contribution >= 0.6 is 0 Å². The van der Waals surface area contributed by atoms with Crippen molar-refractivity contribution in [3.63, 3.8) is 0 Å². The summed E-state index contributed by atoms with van der Waals surface area (Å²) in [5.41, 5.74) is 22.2. The van der Waals surface area contributed by atoms with E-state index in [4.69, 9.17) is 38.1 Å². The van der Waals surface area contributed by atoms with Crippen molar-refractivity contribution in [3.8, 4) is 22.3 Å². The predicted molar refractivity (Wildman–Crippen MR) is 312 cm³/mol. The first-order chi connectivity index (χ1) is 34.2. The second kappa shape index (κ2) is 29.9. The number of hydrogen-bond donors (Lipinski definition) is 2. The summed E-state index contributed by atoms with van der Waals surface area (Å²) in [5, 5.41) is 10.6. The number of nitrogens with zero attached hydrogens (tertiary/aromatic N) is 4. The topological polar surface area (TPSA) is 128 Å². The maximum absolute atomic E-state index is 9.11. The fourth-order valence-electron chi connectivity index (χ4n) is 8.80. The van der Waals surface area contributed by atoms with Gasteiger partial charge in [-0.3, -0.25) is 9.98 Å². The second-order valence-corrected chi connectivity index (χ2v) is 21.1. The van der Waals surface area contributed by atoms with Gasteiger partial charge in [0.15, 0.2) is 0 Å². The van der Waals surface area contributed by atoms with Crippen molar-refractivity contribution in [1.82, 2.24) is 0 Å². The van der Waals surface area contributed by atoms with Gasteiger partial charge in [0.1, 0.15) is 22.2 Å². The van der Waals surface area contributed by atoms with E-state index >= 15 is 0 Å². The Hall–Kier alpha value is -5.05. The van der Waals surface area contributed by atoms with Gasteiger partial charge in [-0.1, -0.05) is 187 Å². The number of rotatable bonds is 14. The van der Waals surface area contributed by atoms with Crippen molar-refractivity contribution in [2.24, 2.45) is 9.98 Å². The molecule has 12 heteroatoms. The van der Waals surface area contributed by atoms with Crippen LogP contribution in [0.25, 0.3) is 32.9 Å². The smallest absolute Gasteiger partial charge is 0.149 e. The molecule has 0 aliphatic carbocycles. The van der Waals surface area contributed by atoms with E-state index in [1.807, 2.05) is 12.4 Å². The van der Waals surface area contributed by atoms with Crippen molar-refractivity contribution >= 4 is 68.7 Å². The van der Waals surface area contributed by atoms with Crippen LogP contribution in [0.4, 0.5) is 34.1 Å². The summed E-state index contributed by atoms with van der Waals surface area (Å²) >= 11 is -3.22. The van der Waals surface area contributed by atoms with Gasteiger partial charge in [-0.15, -0.1) is 22.7 Å². The molecular formula is C62H72N4O4S2Zn2-2. The third-order valence-corrected chi connectivity index (χ3v) is 12.2. The maximum Gasteiger partial charge on any atom is 0.149 e. The van der Waals surface area contributed by atoms with E-state index < -0.39 is 22.2 Å². The molecule has 0 heterocycles. The molecule has 0 saturated heterocycles. The van der Waals surface area contributed by atoms with E-state index in [-0.39, 0.29) is 39.0 Å². The molecule has 7 aromatic rings. The van der Waals surface area contributed by atoms with Gasteiger partial charge in [-0.2, -0.15) is 0 Å². The summed E-state index contributed by atoms with van der Waals surface area (Å²) in [6, 6.07) is 47.6. The number of aliphatic imine (C=N–C) groups is 2. The molecule has 0 bridgehead atoms. The molecule has 0 fully saturated rings. The number of aryl methyl sites for hydroxylation is 4. The third kappa shape index (κ3) is 17.2. The number of benzene rings is 7. The zero-order valence-electron chi connectivity index (χ0n) is 45.9. The Bertz CT molecular complexity index is 2780. The normalized spacial score (nSPS) is 11.9. The molecule has 0 amide bonds. The number of para-hydroxylation sites is 4. The second-order valence-electron chi connectivity index (χ2n) is 19.4. The summed E-state index contributed by atoms with van der Waals surface area (Å²) in [4.78, 5) is 10.2. The van der Waals surface area contributed by atoms with Crippen LogP contribution in [-0.4, -0.2) is 42.5 Å². The minimum Gasteiger partial charge on any atom is -0.657 e. The van der Waals surface area contributed by atoms with Crippen molar-refractivity contribution < 1.29 is 56.5 Å². The van der Waals surface area contributed by atoms with Crippen molar-refractivity contribution in [3.05, 3.63) is 200 Å². The third-order valence-electron chi connectivity index (χ3n) is 12.2. The van der Waals surface area contributed by atoms with Crippen LogP contribution in [0.3, 0.4) is 0 Å². The molecule has 0 saturated carbocycles. The first-order valence-corrected chi connectivity index (χ1v) is 27.5. The van der Waals surface area contributed by atoms with Crippen molar-refractivity contribution in [1.29, 1.82) is 0 Å². The molecule has 0 spiro atoms. The molecule has 2 atom stereocenters. The van der Waals surface area contributed by atoms with E-state index in [9.17, 15) is 0 Å². The van der Waals surface area contributed by atoms with Gasteiger partial charge in [0.2, 0.25) is 0 Å². The molecule has 8 nitrogen and oxygen atoms in total. The van der Waals surface area contributed by atoms with Crippen LogP contribution in [0.5, 0.6) is 0 Å². The molecule has 7 aromatic carbocycles. The summed E-state index contributed by atoms with van der Waals surface area (Å²) in [7, 11) is 0. The molecule has 0 radical (unpaired) electrons. The van der Waals surface area contributed by atoms with E-state index in [1.54, 1.807) is 0 Å². The minimum atomic E-state index is -1.61. The van der Waals surface area contributed by atoms with Crippen LogP contribution in [0.2, 0.25) is 0 Å². The van der Waals surface area contributed by atoms with Gasteiger partial charge in [0, 0.05) is 63.9 Å². The Kier molecular flexibility index (Phi) is 25.5. The molecule has 0 aliphatic heterocycles. The van der Waals surface area contributed by atoms with E-state index in [1.165, 1.54) is 57.0 Å². The molecule has 2 N–H and O–H groups in total. The Morgan fingerprint density at radius 1 is 0.432 bits per heavy atom. The molecule has 0 aromatic heterocycles. The zero-order valence-corrected chi connectivity index (χ0v) is 53.5. The Morgan fingerprint density at radius 3 is 0.959 bits per heavy atom. The average molecular weight is 1130 g/mol. The van der Waals surface area contributed by atoms with E-state index in [0.29, 0.717) is 23.7 Å². The van der Waals surface area contributed by atoms with Crippen molar-refractivity contribution in [2.75, 3.05) is 12.5 Å². The van der Waals surface area contributed by atoms with Gasteiger partial charge in [-0.25, -0.2) is 8.42 Å². The van der Waals surface area contributed by atoms with Crippen LogP contribution < -0.4 is 0 Å². The fraction of sp³-hybridized carbons (Fsp3) is 0.290. The Balaban J connectivity index is 0.00000135. The molecule has 382 valence electrons. The quantitative estimate of drug-likeness (QED) is 0.0639. The zero-order chi connectivity index (χ0) is 52.8. The Labute approximate surface area is 472 Å². The standard InChI is InChI=1S/C60H64N4.2CH4O2S.2Zn/c1-37(2)49-25-19-26-50(38(3)4)59(49)63-55-29-17-13-21-45(55)35-61-57-41(9)31-47(32-42(57)10)53-23-15-16-24-54(53)48-33-43(11)58(44(12)34-48)62-36-46-22-14-18-30-56(46)64-60-51(39(5)6)27-20-28-52(60)40(7)8;2*1-4(2)3;;/h13-40H,1-12H3;2*1H3,(H,2,3);;/q-2;;;;. The van der Waals surface area contributed by atoms with Gasteiger partial charge in [0.05, 0.1) is 11.4 Å². The SMILES string of the molecule is CS(=O)O.CS(=O)O.Cc1cc(-c2ccccc2-c2cc(C)c(N=Cc3ccccc3[N-]c3c(C(C)C)cccc3C(C)C)c(C)c2)cc(C)c1N=Cc1ccccc1[N-]c1c(C(C)C)cccc1C(C)C.[Zn].[Zn]. The molecular weight excluding hydrogens is 1060 g/mol. The van der Waals surface area contributed by atoms with Gasteiger partial charge in [0.25, 0.3) is 0 Å². The summed E-state index contributed by atoms with van der Waals surface area (Å²) < 4.78 is 33.3. The maximum atomic E-state index is 9.11. The predicted octanol–water partition coefficient (Wildman–Crippen LogP) is 18.6. The fourth-order valence-corrected chi connectivity index (χ4v) is 8.80. The molecule has 7 rings (SSSR count). The number of hydrogen-bond acceptors (Lipinski definition) is 4. The van der Waals surface area contributed by atoms with Crippen LogP contribution in [0.15, 0.2) is 143 Å². The summed E-state index contributed by atoms with van der Waals surface area (Å²) in [6.45, 7) is 26.6. The van der Waals surface area contributed by atoms with E-state index in [0.717, 1.165) is 67.5 Å². The summed E-state index contributed by atoms with van der Waals surface area (Å²) in [5.74, 6) is 1.47. The summed E-state index contributed by atoms with van der Waals surface area (Å²) in [6.07, 6.45) is 6.35. The van der Waals surface area contributed by atoms with Crippen molar-refractivity contribution in [2.45, 2.75) is 107 Å². The van der Waals surface area contributed by atoms with Crippen LogP contribution in [0.1, 0.15) is 135 Å². The van der Waals surface area contributed by atoms with E-state index in [2.05, 4.69) is 217 Å². The first-order valence-electron chi connectivity index (χ1n) is 24.5. The van der Waals surface area contributed by atoms with Gasteiger partial charge in [-0.05, 0) is 131 Å². The Morgan fingerprint density at radius 2 is 0.689 bits per heavy atom. The van der Waals surface area contributed by atoms with Crippen LogP contribution in [0, 0.1) is 27.7 Å². The average Bonchev–Trinajstić information content (AvgIpc) is 3.31. The monoisotopic (exact) mass is 1130 g/mol. The first kappa shape index (κ1) is 63.2. The minimum absolute atomic E-state index is 0. The largest absolute Gasteiger partial charge is 0.657 e. The molecule has 0 aliphatic rings.